The molecule has 0 amide bonds. The van der Waals surface area contributed by atoms with Crippen LogP contribution in [0.1, 0.15) is 0 Å². The molecule has 0 fully saturated rings. The lowest BCUT2D eigenvalue weighted by molar-refractivity contribution is 1.18. The average Bonchev–Trinajstić information content (AvgIpc) is 3.41. The highest BCUT2D eigenvalue weighted by molar-refractivity contribution is 6.05. The Morgan fingerprint density at radius 2 is 0.530 bits per heavy atom. The van der Waals surface area contributed by atoms with Crippen LogP contribution in [0.15, 0.2) is 261 Å². The van der Waals surface area contributed by atoms with Gasteiger partial charge in [0.1, 0.15) is 0 Å². The van der Waals surface area contributed by atoms with Crippen LogP contribution in [-0.4, -0.2) is 15.0 Å². The molecule has 0 spiro atoms. The van der Waals surface area contributed by atoms with Crippen molar-refractivity contribution in [3.63, 3.8) is 0 Å². The van der Waals surface area contributed by atoms with Gasteiger partial charge in [0.2, 0.25) is 0 Å². The summed E-state index contributed by atoms with van der Waals surface area (Å²) in [5.41, 5.74) is 20.0. The van der Waals surface area contributed by atoms with E-state index in [-0.39, 0.29) is 0 Å². The lowest BCUT2D eigenvalue weighted by Gasteiger charge is -2.23. The quantitative estimate of drug-likeness (QED) is 0.138. The van der Waals surface area contributed by atoms with E-state index in [2.05, 4.69) is 237 Å². The second kappa shape index (κ2) is 18.1. The van der Waals surface area contributed by atoms with Gasteiger partial charge in [-0.2, -0.15) is 0 Å². The largest absolute Gasteiger partial charge is 0.246 e. The second-order valence-corrected chi connectivity index (χ2v) is 16.3. The summed E-state index contributed by atoms with van der Waals surface area (Å²) in [7, 11) is 0. The van der Waals surface area contributed by atoms with Crippen LogP contribution in [0.3, 0.4) is 0 Å². The van der Waals surface area contributed by atoms with Gasteiger partial charge in [-0.15, -0.1) is 0 Å². The molecule has 0 N–H and O–H groups in total. The van der Waals surface area contributed by atoms with Crippen molar-refractivity contribution >= 4 is 0 Å². The summed E-state index contributed by atoms with van der Waals surface area (Å²) < 4.78 is 0. The molecule has 0 aliphatic carbocycles. The van der Waals surface area contributed by atoms with E-state index in [9.17, 15) is 0 Å². The molecule has 11 aromatic rings. The van der Waals surface area contributed by atoms with Gasteiger partial charge >= 0.3 is 0 Å². The molecule has 9 aromatic carbocycles. The Kier molecular flexibility index (Phi) is 11.0. The number of aromatic nitrogens is 3. The van der Waals surface area contributed by atoms with E-state index in [1.54, 1.807) is 0 Å². The number of benzene rings is 9. The highest BCUT2D eigenvalue weighted by atomic mass is 14.9. The topological polar surface area (TPSA) is 38.7 Å². The number of hydrogen-bond acceptors (Lipinski definition) is 3. The highest BCUT2D eigenvalue weighted by Crippen LogP contribution is 2.49. The Hall–Kier alpha value is -8.79. The summed E-state index contributed by atoms with van der Waals surface area (Å²) in [6.45, 7) is 0. The number of pyridine rings is 1. The van der Waals surface area contributed by atoms with Crippen LogP contribution in [0.25, 0.3) is 112 Å². The maximum absolute atomic E-state index is 5.60. The fourth-order valence-corrected chi connectivity index (χ4v) is 8.94. The van der Waals surface area contributed by atoms with Gasteiger partial charge in [-0.1, -0.05) is 255 Å². The van der Waals surface area contributed by atoms with Crippen molar-refractivity contribution in [3.8, 4) is 112 Å². The molecule has 0 atom stereocenters. The Morgan fingerprint density at radius 3 is 1.00 bits per heavy atom. The van der Waals surface area contributed by atoms with Gasteiger partial charge in [-0.3, -0.25) is 0 Å². The van der Waals surface area contributed by atoms with Gasteiger partial charge in [-0.05, 0) is 45.0 Å². The molecule has 66 heavy (non-hydrogen) atoms. The van der Waals surface area contributed by atoms with Crippen molar-refractivity contribution in [3.05, 3.63) is 261 Å². The Balaban J connectivity index is 1.03. The number of nitrogens with zero attached hydrogens (tertiary/aromatic N) is 3. The SMILES string of the molecule is c1ccc(-c2nc(-c3ccc(-c4ccc(-c5c(-c6ccccc6)c(-c6ccccc6)nc(-c6ccccc6)c5-c5ccccc5)cc4)cc3)cc(-c3ccccc3-c3ccccc3)n2)cc1. The molecular formula is C63H43N3. The van der Waals surface area contributed by atoms with Crippen LogP contribution in [-0.2, 0) is 0 Å². The Morgan fingerprint density at radius 1 is 0.197 bits per heavy atom. The summed E-state index contributed by atoms with van der Waals surface area (Å²) in [5.74, 6) is 0.692. The van der Waals surface area contributed by atoms with E-state index in [1.807, 2.05) is 24.3 Å². The first kappa shape index (κ1) is 40.0. The predicted molar refractivity (Wildman–Crippen MR) is 274 cm³/mol. The molecule has 2 aromatic heterocycles. The molecule has 0 unspecified atom stereocenters. The van der Waals surface area contributed by atoms with E-state index in [4.69, 9.17) is 15.0 Å². The summed E-state index contributed by atoms with van der Waals surface area (Å²) in [5, 5.41) is 0. The molecule has 3 nitrogen and oxygen atoms in total. The summed E-state index contributed by atoms with van der Waals surface area (Å²) in [6.07, 6.45) is 0. The molecule has 0 aliphatic heterocycles. The fraction of sp³-hybridized carbons (Fsp3) is 0. The van der Waals surface area contributed by atoms with Gasteiger partial charge in [0.15, 0.2) is 5.82 Å². The monoisotopic (exact) mass is 841 g/mol. The molecule has 0 aliphatic rings. The zero-order valence-corrected chi connectivity index (χ0v) is 36.2. The molecule has 3 heteroatoms. The zero-order chi connectivity index (χ0) is 44.1. The van der Waals surface area contributed by atoms with E-state index in [1.165, 1.54) is 0 Å². The minimum absolute atomic E-state index is 0.692. The third-order valence-electron chi connectivity index (χ3n) is 12.2. The van der Waals surface area contributed by atoms with Gasteiger partial charge in [-0.25, -0.2) is 15.0 Å². The van der Waals surface area contributed by atoms with Crippen LogP contribution < -0.4 is 0 Å². The van der Waals surface area contributed by atoms with Crippen molar-refractivity contribution in [1.29, 1.82) is 0 Å². The Bertz CT molecular complexity index is 3290. The summed E-state index contributed by atoms with van der Waals surface area (Å²) in [4.78, 5) is 15.9. The molecule has 0 saturated carbocycles. The molecular weight excluding hydrogens is 799 g/mol. The summed E-state index contributed by atoms with van der Waals surface area (Å²) >= 11 is 0. The molecule has 2 heterocycles. The van der Waals surface area contributed by atoms with Crippen LogP contribution in [0.5, 0.6) is 0 Å². The highest BCUT2D eigenvalue weighted by Gasteiger charge is 2.25. The van der Waals surface area contributed by atoms with Crippen LogP contribution in [0, 0.1) is 0 Å². The van der Waals surface area contributed by atoms with Crippen molar-refractivity contribution in [2.24, 2.45) is 0 Å². The number of hydrogen-bond donors (Lipinski definition) is 0. The lowest BCUT2D eigenvalue weighted by atomic mass is 9.83. The van der Waals surface area contributed by atoms with E-state index >= 15 is 0 Å². The summed E-state index contributed by atoms with van der Waals surface area (Å²) in [6, 6.07) is 91.7. The van der Waals surface area contributed by atoms with Gasteiger partial charge < -0.3 is 0 Å². The average molecular weight is 842 g/mol. The van der Waals surface area contributed by atoms with E-state index in [0.717, 1.165) is 106 Å². The number of rotatable bonds is 10. The molecule has 0 bridgehead atoms. The fourth-order valence-electron chi connectivity index (χ4n) is 8.94. The first-order chi connectivity index (χ1) is 32.7. The van der Waals surface area contributed by atoms with Crippen LogP contribution in [0.2, 0.25) is 0 Å². The third-order valence-corrected chi connectivity index (χ3v) is 12.2. The molecule has 0 radical (unpaired) electrons. The zero-order valence-electron chi connectivity index (χ0n) is 36.2. The third kappa shape index (κ3) is 8.02. The molecule has 310 valence electrons. The first-order valence-electron chi connectivity index (χ1n) is 22.4. The minimum atomic E-state index is 0.692. The maximum atomic E-state index is 5.60. The second-order valence-electron chi connectivity index (χ2n) is 16.3. The minimum Gasteiger partial charge on any atom is -0.246 e. The standard InChI is InChI=1S/C63H43N3/c1-7-21-46(22-8-1)54-33-19-20-34-55(54)57-43-56(64-63(65-57)53-31-17-6-18-32-53)47-39-35-44(36-40-47)45-37-41-50(42-38-45)58-59(48-23-9-2-10-24-48)61(51-27-13-4-14-28-51)66-62(52-29-15-5-16-30-52)60(58)49-25-11-3-12-26-49/h1-43H. The van der Waals surface area contributed by atoms with Crippen molar-refractivity contribution in [2.45, 2.75) is 0 Å². The smallest absolute Gasteiger partial charge is 0.160 e. The van der Waals surface area contributed by atoms with Crippen LogP contribution >= 0.6 is 0 Å². The predicted octanol–water partition coefficient (Wildman–Crippen LogP) is 16.5. The van der Waals surface area contributed by atoms with Gasteiger partial charge in [0, 0.05) is 44.5 Å². The van der Waals surface area contributed by atoms with E-state index in [0.29, 0.717) is 5.82 Å². The lowest BCUT2D eigenvalue weighted by Crippen LogP contribution is -2.01. The van der Waals surface area contributed by atoms with E-state index < -0.39 is 0 Å². The first-order valence-corrected chi connectivity index (χ1v) is 22.4. The van der Waals surface area contributed by atoms with Crippen molar-refractivity contribution < 1.29 is 0 Å². The molecule has 0 saturated heterocycles. The maximum Gasteiger partial charge on any atom is 0.160 e. The van der Waals surface area contributed by atoms with Crippen molar-refractivity contribution in [2.75, 3.05) is 0 Å². The van der Waals surface area contributed by atoms with Gasteiger partial charge in [0.05, 0.1) is 22.8 Å². The molecule has 11 rings (SSSR count). The van der Waals surface area contributed by atoms with Gasteiger partial charge in [0.25, 0.3) is 0 Å². The van der Waals surface area contributed by atoms with Crippen LogP contribution in [0.4, 0.5) is 0 Å². The normalized spacial score (nSPS) is 11.0. The van der Waals surface area contributed by atoms with Crippen molar-refractivity contribution in [1.82, 2.24) is 15.0 Å². The Labute approximate surface area is 386 Å².